The zero-order valence-corrected chi connectivity index (χ0v) is 20.8. The Morgan fingerprint density at radius 2 is 1.42 bits per heavy atom. The van der Waals surface area contributed by atoms with Crippen LogP contribution in [0.2, 0.25) is 0 Å². The van der Waals surface area contributed by atoms with Crippen LogP contribution in [0.15, 0.2) is 24.3 Å². The lowest BCUT2D eigenvalue weighted by atomic mass is 9.76. The van der Waals surface area contributed by atoms with Crippen LogP contribution >= 0.6 is 0 Å². The van der Waals surface area contributed by atoms with Crippen LogP contribution in [0.4, 0.5) is 26.3 Å². The summed E-state index contributed by atoms with van der Waals surface area (Å²) in [5.41, 5.74) is -0.929. The molecule has 3 rings (SSSR count). The van der Waals surface area contributed by atoms with E-state index < -0.39 is 53.5 Å². The van der Waals surface area contributed by atoms with Crippen LogP contribution in [0.3, 0.4) is 0 Å². The molecule has 0 unspecified atom stereocenters. The fourth-order valence-corrected chi connectivity index (χ4v) is 4.92. The van der Waals surface area contributed by atoms with Crippen LogP contribution in [0.25, 0.3) is 0 Å². The highest BCUT2D eigenvalue weighted by Gasteiger charge is 2.37. The summed E-state index contributed by atoms with van der Waals surface area (Å²) >= 11 is 0. The maximum Gasteiger partial charge on any atom is 0.279 e. The predicted molar refractivity (Wildman–Crippen MR) is 127 cm³/mol. The summed E-state index contributed by atoms with van der Waals surface area (Å²) in [6, 6.07) is 4.38. The Hall–Kier alpha value is -2.38. The van der Waals surface area contributed by atoms with Gasteiger partial charge in [-0.3, -0.25) is 0 Å². The minimum absolute atomic E-state index is 0.115. The SMILES string of the molecule is CCCCCC1CCC(c2ccc(C(F)(F)CCOc3ccc(OCC)c(F)c3F)c(F)c2F)CC1. The standard InChI is InChI=1S/C28H34F6O2/c1-3-5-6-7-18-8-10-19(11-9-18)20-12-13-21(25(30)24(20)29)28(33,34)16-17-36-23-15-14-22(35-4-2)26(31)27(23)32/h12-15,18-19H,3-11,16-17H2,1-2H3. The van der Waals surface area contributed by atoms with Crippen LogP contribution in [-0.2, 0) is 5.92 Å². The number of rotatable bonds is 12. The van der Waals surface area contributed by atoms with Crippen LogP contribution in [-0.4, -0.2) is 13.2 Å². The fraction of sp³-hybridized carbons (Fsp3) is 0.571. The molecule has 1 aliphatic carbocycles. The Labute approximate surface area is 209 Å². The van der Waals surface area contributed by atoms with Gasteiger partial charge in [-0.15, -0.1) is 0 Å². The molecule has 0 spiro atoms. The van der Waals surface area contributed by atoms with E-state index in [2.05, 4.69) is 6.92 Å². The molecule has 0 amide bonds. The molecule has 1 fully saturated rings. The van der Waals surface area contributed by atoms with Crippen molar-refractivity contribution in [2.24, 2.45) is 5.92 Å². The second-order valence-corrected chi connectivity index (χ2v) is 9.47. The molecule has 0 aliphatic heterocycles. The monoisotopic (exact) mass is 516 g/mol. The van der Waals surface area contributed by atoms with Gasteiger partial charge in [-0.05, 0) is 68.2 Å². The molecule has 0 saturated heterocycles. The third kappa shape index (κ3) is 6.68. The van der Waals surface area contributed by atoms with Crippen molar-refractivity contribution in [3.05, 3.63) is 58.7 Å². The molecule has 2 nitrogen and oxygen atoms in total. The highest BCUT2D eigenvalue weighted by atomic mass is 19.3. The Morgan fingerprint density at radius 1 is 0.778 bits per heavy atom. The van der Waals surface area contributed by atoms with Gasteiger partial charge in [0.2, 0.25) is 11.6 Å². The molecular weight excluding hydrogens is 482 g/mol. The van der Waals surface area contributed by atoms with E-state index in [9.17, 15) is 26.3 Å². The van der Waals surface area contributed by atoms with Gasteiger partial charge in [0.25, 0.3) is 5.92 Å². The summed E-state index contributed by atoms with van der Waals surface area (Å²) in [7, 11) is 0. The van der Waals surface area contributed by atoms with Crippen molar-refractivity contribution in [2.45, 2.75) is 83.5 Å². The molecule has 1 aliphatic rings. The summed E-state index contributed by atoms with van der Waals surface area (Å²) in [6.07, 6.45) is 6.87. The molecule has 200 valence electrons. The summed E-state index contributed by atoms with van der Waals surface area (Å²) in [5, 5.41) is 0. The van der Waals surface area contributed by atoms with E-state index in [4.69, 9.17) is 9.47 Å². The van der Waals surface area contributed by atoms with Crippen molar-refractivity contribution in [2.75, 3.05) is 13.2 Å². The minimum Gasteiger partial charge on any atom is -0.491 e. The summed E-state index contributed by atoms with van der Waals surface area (Å²) in [4.78, 5) is 0. The van der Waals surface area contributed by atoms with Gasteiger partial charge in [0.1, 0.15) is 0 Å². The third-order valence-electron chi connectivity index (χ3n) is 6.99. The van der Waals surface area contributed by atoms with Gasteiger partial charge in [-0.1, -0.05) is 38.7 Å². The van der Waals surface area contributed by atoms with E-state index in [0.717, 1.165) is 43.9 Å². The number of hydrogen-bond donors (Lipinski definition) is 0. The van der Waals surface area contributed by atoms with E-state index in [-0.39, 0.29) is 23.8 Å². The van der Waals surface area contributed by atoms with E-state index >= 15 is 0 Å². The molecule has 0 atom stereocenters. The van der Waals surface area contributed by atoms with Crippen LogP contribution in [0, 0.1) is 29.2 Å². The molecule has 1 saturated carbocycles. The van der Waals surface area contributed by atoms with E-state index in [1.54, 1.807) is 6.92 Å². The quantitative estimate of drug-likeness (QED) is 0.207. The molecule has 0 aromatic heterocycles. The first-order valence-corrected chi connectivity index (χ1v) is 12.8. The van der Waals surface area contributed by atoms with Gasteiger partial charge in [0, 0.05) is 0 Å². The van der Waals surface area contributed by atoms with Gasteiger partial charge >= 0.3 is 0 Å². The molecular formula is C28H34F6O2. The Kier molecular flexibility index (Phi) is 9.97. The second kappa shape index (κ2) is 12.7. The number of alkyl halides is 2. The number of halogens is 6. The van der Waals surface area contributed by atoms with Gasteiger partial charge in [-0.2, -0.15) is 8.78 Å². The van der Waals surface area contributed by atoms with E-state index in [0.29, 0.717) is 18.8 Å². The Bertz CT molecular complexity index is 1000. The third-order valence-corrected chi connectivity index (χ3v) is 6.99. The van der Waals surface area contributed by atoms with Crippen molar-refractivity contribution in [3.8, 4) is 11.5 Å². The van der Waals surface area contributed by atoms with E-state index in [1.165, 1.54) is 18.9 Å². The first-order valence-electron chi connectivity index (χ1n) is 12.8. The van der Waals surface area contributed by atoms with Gasteiger partial charge in [-0.25, -0.2) is 17.6 Å². The normalized spacial score (nSPS) is 18.3. The van der Waals surface area contributed by atoms with E-state index in [1.807, 2.05) is 0 Å². The summed E-state index contributed by atoms with van der Waals surface area (Å²) in [6.45, 7) is 3.13. The lowest BCUT2D eigenvalue weighted by molar-refractivity contribution is -0.0282. The minimum atomic E-state index is -3.76. The predicted octanol–water partition coefficient (Wildman–Crippen LogP) is 9.06. The molecule has 8 heteroatoms. The molecule has 0 N–H and O–H groups in total. The fourth-order valence-electron chi connectivity index (χ4n) is 4.92. The molecule has 36 heavy (non-hydrogen) atoms. The maximum absolute atomic E-state index is 14.9. The molecule has 0 radical (unpaired) electrons. The molecule has 0 bridgehead atoms. The summed E-state index contributed by atoms with van der Waals surface area (Å²) < 4.78 is 97.0. The number of hydrogen-bond acceptors (Lipinski definition) is 2. The zero-order chi connectivity index (χ0) is 26.3. The lowest BCUT2D eigenvalue weighted by Gasteiger charge is -2.29. The highest BCUT2D eigenvalue weighted by Crippen LogP contribution is 2.41. The van der Waals surface area contributed by atoms with Crippen molar-refractivity contribution in [3.63, 3.8) is 0 Å². The average molecular weight is 517 g/mol. The van der Waals surface area contributed by atoms with Crippen molar-refractivity contribution in [1.82, 2.24) is 0 Å². The van der Waals surface area contributed by atoms with Gasteiger partial charge in [0.15, 0.2) is 23.1 Å². The first-order chi connectivity index (χ1) is 17.2. The number of benzene rings is 2. The number of ether oxygens (including phenoxy) is 2. The smallest absolute Gasteiger partial charge is 0.279 e. The van der Waals surface area contributed by atoms with Crippen LogP contribution in [0.1, 0.15) is 88.7 Å². The van der Waals surface area contributed by atoms with Crippen LogP contribution < -0.4 is 9.47 Å². The average Bonchev–Trinajstić information content (AvgIpc) is 2.85. The first kappa shape index (κ1) is 28.2. The Morgan fingerprint density at radius 3 is 2.03 bits per heavy atom. The van der Waals surface area contributed by atoms with Crippen molar-refractivity contribution >= 4 is 0 Å². The molecule has 0 heterocycles. The zero-order valence-electron chi connectivity index (χ0n) is 20.8. The summed E-state index contributed by atoms with van der Waals surface area (Å²) in [5.74, 6) is -9.73. The largest absolute Gasteiger partial charge is 0.491 e. The Balaban J connectivity index is 1.62. The number of unbranched alkanes of at least 4 members (excludes halogenated alkanes) is 2. The van der Waals surface area contributed by atoms with Crippen molar-refractivity contribution < 1.29 is 35.8 Å². The second-order valence-electron chi connectivity index (χ2n) is 9.47. The maximum atomic E-state index is 14.9. The lowest BCUT2D eigenvalue weighted by Crippen LogP contribution is -2.21. The van der Waals surface area contributed by atoms with Gasteiger partial charge in [0.05, 0.1) is 25.2 Å². The van der Waals surface area contributed by atoms with Gasteiger partial charge < -0.3 is 9.47 Å². The molecule has 2 aromatic carbocycles. The topological polar surface area (TPSA) is 18.5 Å². The highest BCUT2D eigenvalue weighted by molar-refractivity contribution is 5.35. The molecule has 2 aromatic rings. The van der Waals surface area contributed by atoms with Crippen LogP contribution in [0.5, 0.6) is 11.5 Å². The van der Waals surface area contributed by atoms with Crippen molar-refractivity contribution in [1.29, 1.82) is 0 Å².